The minimum absolute atomic E-state index is 0.215. The highest BCUT2D eigenvalue weighted by molar-refractivity contribution is 5.90. The molecule has 0 radical (unpaired) electrons. The minimum atomic E-state index is -0.215. The molecular weight excluding hydrogens is 501 g/mol. The van der Waals surface area contributed by atoms with Crippen molar-refractivity contribution in [3.05, 3.63) is 48.4 Å². The second-order valence-electron chi connectivity index (χ2n) is 9.69. The van der Waals surface area contributed by atoms with E-state index in [-0.39, 0.29) is 11.8 Å². The number of halogens is 1. The first-order valence-electron chi connectivity index (χ1n) is 12.7. The van der Waals surface area contributed by atoms with Crippen LogP contribution < -0.4 is 10.6 Å². The van der Waals surface area contributed by atoms with Crippen molar-refractivity contribution in [1.82, 2.24) is 54.0 Å². The number of anilines is 2. The maximum atomic E-state index is 15.0. The molecular formula is C25H26FN13. The summed E-state index contributed by atoms with van der Waals surface area (Å²) in [4.78, 5) is 22.0. The molecule has 5 aromatic heterocycles. The van der Waals surface area contributed by atoms with Gasteiger partial charge in [0.1, 0.15) is 11.5 Å². The van der Waals surface area contributed by atoms with Crippen LogP contribution in [0.4, 0.5) is 16.0 Å². The molecule has 13 nitrogen and oxygen atoms in total. The number of aromatic nitrogens is 10. The lowest BCUT2D eigenvalue weighted by molar-refractivity contribution is 0.245. The van der Waals surface area contributed by atoms with E-state index in [0.29, 0.717) is 35.0 Å². The van der Waals surface area contributed by atoms with Crippen molar-refractivity contribution in [2.24, 2.45) is 7.05 Å². The van der Waals surface area contributed by atoms with Gasteiger partial charge in [0.2, 0.25) is 11.8 Å². The lowest BCUT2D eigenvalue weighted by Gasteiger charge is -2.36. The van der Waals surface area contributed by atoms with Crippen molar-refractivity contribution in [3.63, 3.8) is 0 Å². The maximum Gasteiger partial charge on any atom is 0.225 e. The van der Waals surface area contributed by atoms with E-state index in [9.17, 15) is 4.39 Å². The number of nitrogens with zero attached hydrogens (tertiary/aromatic N) is 12. The molecule has 7 rings (SSSR count). The van der Waals surface area contributed by atoms with Crippen LogP contribution in [0.2, 0.25) is 0 Å². The number of aryl methyl sites for hydroxylation is 2. The molecule has 0 saturated carbocycles. The number of hydrogen-bond donors (Lipinski definition) is 1. The van der Waals surface area contributed by atoms with Crippen molar-refractivity contribution in [1.29, 1.82) is 0 Å². The maximum absolute atomic E-state index is 15.0. The lowest BCUT2D eigenvalue weighted by atomic mass is 10.1. The van der Waals surface area contributed by atoms with Crippen molar-refractivity contribution in [2.75, 3.05) is 43.4 Å². The van der Waals surface area contributed by atoms with Crippen LogP contribution in [-0.2, 0) is 13.6 Å². The summed E-state index contributed by atoms with van der Waals surface area (Å²) in [6.45, 7) is 6.46. The predicted molar refractivity (Wildman–Crippen MR) is 144 cm³/mol. The molecule has 6 heterocycles. The molecule has 6 aromatic rings. The lowest BCUT2D eigenvalue weighted by Crippen LogP contribution is -2.47. The Kier molecular flexibility index (Phi) is 5.36. The summed E-state index contributed by atoms with van der Waals surface area (Å²) in [5.74, 6) is 0.426. The smallest absolute Gasteiger partial charge is 0.225 e. The van der Waals surface area contributed by atoms with Crippen LogP contribution in [0.5, 0.6) is 0 Å². The number of nitrogen functional groups attached to an aromatic ring is 1. The second kappa shape index (κ2) is 8.94. The molecule has 14 heteroatoms. The van der Waals surface area contributed by atoms with Crippen LogP contribution in [0.25, 0.3) is 39.1 Å². The van der Waals surface area contributed by atoms with Gasteiger partial charge in [0, 0.05) is 63.6 Å². The third-order valence-corrected chi connectivity index (χ3v) is 7.33. The third-order valence-electron chi connectivity index (χ3n) is 7.33. The SMILES string of the molecule is Cc1nn(C)c2cc(F)c(N3CCN(CCn4ncc5c4nc(N)n4nc(-c6cnccn6)nc54)CC3)cc12. The van der Waals surface area contributed by atoms with Gasteiger partial charge in [-0.2, -0.15) is 19.7 Å². The van der Waals surface area contributed by atoms with Crippen molar-refractivity contribution >= 4 is 39.2 Å². The van der Waals surface area contributed by atoms with Gasteiger partial charge in [-0.1, -0.05) is 0 Å². The Balaban J connectivity index is 1.06. The molecule has 0 amide bonds. The Morgan fingerprint density at radius 1 is 0.949 bits per heavy atom. The van der Waals surface area contributed by atoms with Crippen molar-refractivity contribution < 1.29 is 4.39 Å². The summed E-state index contributed by atoms with van der Waals surface area (Å²) in [6, 6.07) is 3.51. The zero-order valence-electron chi connectivity index (χ0n) is 21.5. The minimum Gasteiger partial charge on any atom is -0.368 e. The van der Waals surface area contributed by atoms with Gasteiger partial charge in [0.05, 0.1) is 41.2 Å². The van der Waals surface area contributed by atoms with E-state index in [0.717, 1.165) is 54.7 Å². The zero-order chi connectivity index (χ0) is 26.7. The van der Waals surface area contributed by atoms with E-state index >= 15 is 0 Å². The molecule has 0 spiro atoms. The number of piperazine rings is 1. The van der Waals surface area contributed by atoms with E-state index in [2.05, 4.69) is 45.0 Å². The van der Waals surface area contributed by atoms with E-state index in [4.69, 9.17) is 5.73 Å². The van der Waals surface area contributed by atoms with Crippen LogP contribution in [0, 0.1) is 12.7 Å². The normalized spacial score (nSPS) is 14.8. The summed E-state index contributed by atoms with van der Waals surface area (Å²) in [5, 5.41) is 15.2. The predicted octanol–water partition coefficient (Wildman–Crippen LogP) is 1.67. The van der Waals surface area contributed by atoms with Crippen LogP contribution in [0.15, 0.2) is 36.9 Å². The van der Waals surface area contributed by atoms with E-state index in [1.807, 2.05) is 24.7 Å². The largest absolute Gasteiger partial charge is 0.368 e. The Labute approximate surface area is 221 Å². The zero-order valence-corrected chi connectivity index (χ0v) is 21.5. The van der Waals surface area contributed by atoms with Crippen LogP contribution in [0.3, 0.4) is 0 Å². The van der Waals surface area contributed by atoms with Crippen molar-refractivity contribution in [2.45, 2.75) is 13.5 Å². The van der Waals surface area contributed by atoms with Gasteiger partial charge < -0.3 is 10.6 Å². The van der Waals surface area contributed by atoms with Gasteiger partial charge in [-0.3, -0.25) is 14.6 Å². The van der Waals surface area contributed by atoms with Crippen LogP contribution in [-0.4, -0.2) is 86.7 Å². The van der Waals surface area contributed by atoms with Crippen molar-refractivity contribution in [3.8, 4) is 11.5 Å². The standard InChI is InChI=1S/C25H26FN13/c1-15-16-11-21(18(26)12-20(16)35(2)33-15)37-8-5-36(6-9-37)7-10-38-23-17(13-30-38)24-31-22(19-14-28-3-4-29-19)34-39(24)25(27)32-23/h3-4,11-14H,5-10H2,1-2H3,(H2,27,32). The molecule has 0 aliphatic carbocycles. The highest BCUT2D eigenvalue weighted by Crippen LogP contribution is 2.29. The summed E-state index contributed by atoms with van der Waals surface area (Å²) < 4.78 is 20.0. The first-order chi connectivity index (χ1) is 19.0. The first-order valence-corrected chi connectivity index (χ1v) is 12.7. The molecule has 1 aliphatic rings. The highest BCUT2D eigenvalue weighted by Gasteiger charge is 2.22. The fourth-order valence-corrected chi connectivity index (χ4v) is 5.28. The number of fused-ring (bicyclic) bond motifs is 4. The van der Waals surface area contributed by atoms with E-state index in [1.54, 1.807) is 35.5 Å². The molecule has 0 bridgehead atoms. The van der Waals surface area contributed by atoms with Gasteiger partial charge in [0.25, 0.3) is 0 Å². The van der Waals surface area contributed by atoms with Gasteiger partial charge in [-0.05, 0) is 13.0 Å². The molecule has 2 N–H and O–H groups in total. The Hall–Kier alpha value is -4.72. The molecule has 1 aromatic carbocycles. The third kappa shape index (κ3) is 3.91. The monoisotopic (exact) mass is 527 g/mol. The molecule has 1 saturated heterocycles. The van der Waals surface area contributed by atoms with Gasteiger partial charge in [-0.25, -0.2) is 19.0 Å². The average molecular weight is 528 g/mol. The van der Waals surface area contributed by atoms with Crippen LogP contribution >= 0.6 is 0 Å². The van der Waals surface area contributed by atoms with Crippen LogP contribution in [0.1, 0.15) is 5.69 Å². The first kappa shape index (κ1) is 23.4. The molecule has 1 aliphatic heterocycles. The summed E-state index contributed by atoms with van der Waals surface area (Å²) in [5.41, 5.74) is 10.3. The van der Waals surface area contributed by atoms with Gasteiger partial charge in [-0.15, -0.1) is 5.10 Å². The Bertz CT molecular complexity index is 1830. The quantitative estimate of drug-likeness (QED) is 0.352. The summed E-state index contributed by atoms with van der Waals surface area (Å²) in [7, 11) is 1.84. The second-order valence-corrected chi connectivity index (χ2v) is 9.69. The molecule has 1 fully saturated rings. The summed E-state index contributed by atoms with van der Waals surface area (Å²) >= 11 is 0. The Morgan fingerprint density at radius 2 is 1.79 bits per heavy atom. The molecule has 198 valence electrons. The van der Waals surface area contributed by atoms with Gasteiger partial charge in [0.15, 0.2) is 11.3 Å². The number of hydrogen-bond acceptors (Lipinski definition) is 10. The topological polar surface area (TPSA) is 137 Å². The number of nitrogens with two attached hydrogens (primary N) is 1. The van der Waals surface area contributed by atoms with Gasteiger partial charge >= 0.3 is 0 Å². The molecule has 0 unspecified atom stereocenters. The average Bonchev–Trinajstić information content (AvgIpc) is 3.64. The summed E-state index contributed by atoms with van der Waals surface area (Å²) in [6.07, 6.45) is 6.53. The van der Waals surface area contributed by atoms with E-state index in [1.165, 1.54) is 4.52 Å². The fraction of sp³-hybridized carbons (Fsp3) is 0.320. The number of rotatable bonds is 5. The van der Waals surface area contributed by atoms with E-state index < -0.39 is 0 Å². The molecule has 0 atom stereocenters. The Morgan fingerprint density at radius 3 is 2.59 bits per heavy atom. The molecule has 39 heavy (non-hydrogen) atoms. The number of benzene rings is 1. The fourth-order valence-electron chi connectivity index (χ4n) is 5.28. The highest BCUT2D eigenvalue weighted by atomic mass is 19.1.